The molecule has 1 amide bonds. The maximum atomic E-state index is 13.6. The highest BCUT2D eigenvalue weighted by atomic mass is 32.1. The molecule has 0 aliphatic carbocycles. The van der Waals surface area contributed by atoms with Crippen molar-refractivity contribution in [2.24, 2.45) is 0 Å². The summed E-state index contributed by atoms with van der Waals surface area (Å²) in [5, 5.41) is 2.58. The third-order valence-corrected chi connectivity index (χ3v) is 3.71. The maximum Gasteiger partial charge on any atom is 0.265 e. The Labute approximate surface area is 108 Å². The summed E-state index contributed by atoms with van der Waals surface area (Å²) in [5.41, 5.74) is 7.17. The van der Waals surface area contributed by atoms with Crippen molar-refractivity contribution in [3.8, 4) is 0 Å². The van der Waals surface area contributed by atoms with Crippen LogP contribution in [0.2, 0.25) is 0 Å². The molecule has 1 heterocycles. The Balaban J connectivity index is 2.27. The third kappa shape index (κ3) is 2.36. The van der Waals surface area contributed by atoms with Crippen LogP contribution >= 0.6 is 11.3 Å². The van der Waals surface area contributed by atoms with Gasteiger partial charge in [-0.1, -0.05) is 12.1 Å². The first-order valence-electron chi connectivity index (χ1n) is 5.41. The number of nitrogens with two attached hydrogens (primary N) is 1. The summed E-state index contributed by atoms with van der Waals surface area (Å²) < 4.78 is 13.6. The van der Waals surface area contributed by atoms with Gasteiger partial charge in [0.15, 0.2) is 0 Å². The maximum absolute atomic E-state index is 13.6. The first kappa shape index (κ1) is 12.6. The molecule has 0 atom stereocenters. The zero-order chi connectivity index (χ0) is 13.3. The highest BCUT2D eigenvalue weighted by Crippen LogP contribution is 2.25. The predicted molar refractivity (Wildman–Crippen MR) is 72.6 cm³/mol. The summed E-state index contributed by atoms with van der Waals surface area (Å²) in [7, 11) is 0. The highest BCUT2D eigenvalue weighted by Gasteiger charge is 2.14. The fourth-order valence-electron chi connectivity index (χ4n) is 1.57. The Hall–Kier alpha value is -1.88. The van der Waals surface area contributed by atoms with Gasteiger partial charge in [0.2, 0.25) is 0 Å². The Morgan fingerprint density at radius 2 is 2.11 bits per heavy atom. The van der Waals surface area contributed by atoms with Crippen LogP contribution in [-0.4, -0.2) is 5.91 Å². The Morgan fingerprint density at radius 3 is 2.67 bits per heavy atom. The van der Waals surface area contributed by atoms with Crippen molar-refractivity contribution >= 4 is 28.6 Å². The molecule has 1 aromatic heterocycles. The molecule has 3 N–H and O–H groups in total. The van der Waals surface area contributed by atoms with Gasteiger partial charge in [-0.25, -0.2) is 4.39 Å². The number of carbonyl (C=O) groups is 1. The quantitative estimate of drug-likeness (QED) is 0.874. The molecule has 1 aromatic carbocycles. The van der Waals surface area contributed by atoms with Gasteiger partial charge in [-0.3, -0.25) is 4.79 Å². The molecule has 0 radical (unpaired) electrons. The van der Waals surface area contributed by atoms with Gasteiger partial charge in [0.05, 0.1) is 10.6 Å². The molecule has 0 aliphatic rings. The lowest BCUT2D eigenvalue weighted by molar-refractivity contribution is 0.103. The first-order chi connectivity index (χ1) is 8.49. The van der Waals surface area contributed by atoms with Crippen molar-refractivity contribution in [2.45, 2.75) is 13.8 Å². The highest BCUT2D eigenvalue weighted by molar-refractivity contribution is 7.14. The van der Waals surface area contributed by atoms with Crippen LogP contribution in [0.4, 0.5) is 15.8 Å². The van der Waals surface area contributed by atoms with Gasteiger partial charge in [-0.05, 0) is 31.5 Å². The Kier molecular flexibility index (Phi) is 3.34. The minimum absolute atomic E-state index is 0.215. The lowest BCUT2D eigenvalue weighted by atomic mass is 10.2. The van der Waals surface area contributed by atoms with Crippen LogP contribution in [-0.2, 0) is 0 Å². The number of amides is 1. The Bertz CT molecular complexity index is 567. The number of halogens is 1. The number of nitrogens with one attached hydrogen (secondary N) is 1. The average molecular weight is 264 g/mol. The van der Waals surface area contributed by atoms with Gasteiger partial charge < -0.3 is 11.1 Å². The van der Waals surface area contributed by atoms with Crippen molar-refractivity contribution < 1.29 is 9.18 Å². The SMILES string of the molecule is Cc1cccc(F)c1NC(=O)c1cc(N)c(C)s1. The molecule has 5 heteroatoms. The summed E-state index contributed by atoms with van der Waals surface area (Å²) in [6, 6.07) is 6.27. The molecular weight excluding hydrogens is 251 g/mol. The van der Waals surface area contributed by atoms with Crippen molar-refractivity contribution in [2.75, 3.05) is 11.1 Å². The van der Waals surface area contributed by atoms with Gasteiger partial charge in [-0.2, -0.15) is 0 Å². The molecular formula is C13H13FN2OS. The molecule has 0 unspecified atom stereocenters. The minimum Gasteiger partial charge on any atom is -0.398 e. The molecule has 0 aliphatic heterocycles. The average Bonchev–Trinajstić information content (AvgIpc) is 2.64. The molecule has 0 fully saturated rings. The summed E-state index contributed by atoms with van der Waals surface area (Å²) >= 11 is 1.29. The number of rotatable bonds is 2. The van der Waals surface area contributed by atoms with E-state index in [-0.39, 0.29) is 11.6 Å². The number of hydrogen-bond acceptors (Lipinski definition) is 3. The fourth-order valence-corrected chi connectivity index (χ4v) is 2.41. The van der Waals surface area contributed by atoms with E-state index in [0.29, 0.717) is 16.1 Å². The van der Waals surface area contributed by atoms with Crippen LogP contribution < -0.4 is 11.1 Å². The van der Waals surface area contributed by atoms with E-state index in [2.05, 4.69) is 5.32 Å². The monoisotopic (exact) mass is 264 g/mol. The standard InChI is InChI=1S/C13H13FN2OS/c1-7-4-3-5-9(14)12(7)16-13(17)11-6-10(15)8(2)18-11/h3-6H,15H2,1-2H3,(H,16,17). The molecule has 0 saturated heterocycles. The van der Waals surface area contributed by atoms with E-state index in [1.165, 1.54) is 17.4 Å². The van der Waals surface area contributed by atoms with Crippen LogP contribution in [0.5, 0.6) is 0 Å². The second-order valence-corrected chi connectivity index (χ2v) is 5.26. The number of thiophene rings is 1. The number of hydrogen-bond donors (Lipinski definition) is 2. The smallest absolute Gasteiger partial charge is 0.265 e. The van der Waals surface area contributed by atoms with E-state index in [1.54, 1.807) is 25.1 Å². The zero-order valence-electron chi connectivity index (χ0n) is 10.1. The molecule has 0 spiro atoms. The summed E-state index contributed by atoms with van der Waals surface area (Å²) in [6.45, 7) is 3.58. The number of carbonyl (C=O) groups excluding carboxylic acids is 1. The lowest BCUT2D eigenvalue weighted by Gasteiger charge is -2.08. The van der Waals surface area contributed by atoms with E-state index in [4.69, 9.17) is 5.73 Å². The van der Waals surface area contributed by atoms with E-state index >= 15 is 0 Å². The Morgan fingerprint density at radius 1 is 1.39 bits per heavy atom. The van der Waals surface area contributed by atoms with Gasteiger partial charge >= 0.3 is 0 Å². The van der Waals surface area contributed by atoms with Crippen molar-refractivity contribution in [3.63, 3.8) is 0 Å². The van der Waals surface area contributed by atoms with E-state index in [9.17, 15) is 9.18 Å². The van der Waals surface area contributed by atoms with Crippen LogP contribution in [0, 0.1) is 19.7 Å². The number of nitrogen functional groups attached to an aromatic ring is 1. The van der Waals surface area contributed by atoms with Crippen LogP contribution in [0.25, 0.3) is 0 Å². The van der Waals surface area contributed by atoms with Crippen LogP contribution in [0.15, 0.2) is 24.3 Å². The molecule has 2 aromatic rings. The number of aryl methyl sites for hydroxylation is 2. The lowest BCUT2D eigenvalue weighted by Crippen LogP contribution is -2.12. The van der Waals surface area contributed by atoms with E-state index in [0.717, 1.165) is 4.88 Å². The molecule has 94 valence electrons. The second kappa shape index (κ2) is 4.78. The zero-order valence-corrected chi connectivity index (χ0v) is 10.9. The predicted octanol–water partition coefficient (Wildman–Crippen LogP) is 3.34. The summed E-state index contributed by atoms with van der Waals surface area (Å²) in [6.07, 6.45) is 0. The summed E-state index contributed by atoms with van der Waals surface area (Å²) in [5.74, 6) is -0.780. The third-order valence-electron chi connectivity index (χ3n) is 2.64. The second-order valence-electron chi connectivity index (χ2n) is 4.01. The van der Waals surface area contributed by atoms with Gasteiger partial charge in [0, 0.05) is 10.6 Å². The molecule has 0 bridgehead atoms. The topological polar surface area (TPSA) is 55.1 Å². The largest absolute Gasteiger partial charge is 0.398 e. The number of anilines is 2. The molecule has 2 rings (SSSR count). The van der Waals surface area contributed by atoms with Gasteiger partial charge in [0.1, 0.15) is 5.82 Å². The van der Waals surface area contributed by atoms with Gasteiger partial charge in [0.25, 0.3) is 5.91 Å². The van der Waals surface area contributed by atoms with E-state index in [1.807, 2.05) is 6.92 Å². The van der Waals surface area contributed by atoms with Crippen molar-refractivity contribution in [1.29, 1.82) is 0 Å². The molecule has 18 heavy (non-hydrogen) atoms. The molecule has 0 saturated carbocycles. The normalized spacial score (nSPS) is 10.4. The minimum atomic E-state index is -0.440. The van der Waals surface area contributed by atoms with Crippen LogP contribution in [0.3, 0.4) is 0 Å². The molecule has 3 nitrogen and oxygen atoms in total. The fraction of sp³-hybridized carbons (Fsp3) is 0.154. The van der Waals surface area contributed by atoms with Crippen molar-refractivity contribution in [1.82, 2.24) is 0 Å². The number of benzene rings is 1. The van der Waals surface area contributed by atoms with Gasteiger partial charge in [-0.15, -0.1) is 11.3 Å². The van der Waals surface area contributed by atoms with Crippen molar-refractivity contribution in [3.05, 3.63) is 45.4 Å². The first-order valence-corrected chi connectivity index (χ1v) is 6.23. The van der Waals surface area contributed by atoms with Crippen LogP contribution in [0.1, 0.15) is 20.1 Å². The summed E-state index contributed by atoms with van der Waals surface area (Å²) in [4.78, 5) is 13.3. The number of para-hydroxylation sites is 1. The van der Waals surface area contributed by atoms with E-state index < -0.39 is 5.82 Å².